The topological polar surface area (TPSA) is 81.0 Å². The second-order valence-corrected chi connectivity index (χ2v) is 1.81. The first-order valence-corrected chi connectivity index (χ1v) is 2.68. The average molecular weight is 141 g/mol. The molecule has 0 radical (unpaired) electrons. The van der Waals surface area contributed by atoms with Gasteiger partial charge in [0, 0.05) is 11.8 Å². The first kappa shape index (κ1) is 6.60. The molecular weight excluding hydrogens is 134 g/mol. The number of H-pyrrole nitrogens is 1. The molecule has 0 spiro atoms. The van der Waals surface area contributed by atoms with Crippen LogP contribution in [-0.2, 0) is 0 Å². The molecule has 0 unspecified atom stereocenters. The van der Waals surface area contributed by atoms with E-state index in [2.05, 4.69) is 14.9 Å². The molecule has 1 aromatic heterocycles. The molecule has 3 N–H and O–H groups in total. The Bertz CT molecular complexity index is 243. The molecule has 5 nitrogen and oxygen atoms in total. The van der Waals surface area contributed by atoms with Crippen molar-refractivity contribution in [2.75, 3.05) is 0 Å². The Morgan fingerprint density at radius 3 is 3.00 bits per heavy atom. The van der Waals surface area contributed by atoms with Crippen LogP contribution in [0.15, 0.2) is 6.07 Å². The standard InChI is InChI=1S/C5H7N3O2/c1-3-2-4(8-7-3)10-5(6)9/h2H,1H3,(H2,6,9)(H,7,8). The summed E-state index contributed by atoms with van der Waals surface area (Å²) in [7, 11) is 0. The van der Waals surface area contributed by atoms with Gasteiger partial charge in [0.05, 0.1) is 0 Å². The highest BCUT2D eigenvalue weighted by Crippen LogP contribution is 2.05. The fourth-order valence-corrected chi connectivity index (χ4v) is 0.548. The molecule has 1 aromatic rings. The second kappa shape index (κ2) is 2.38. The van der Waals surface area contributed by atoms with Gasteiger partial charge in [-0.2, -0.15) is 0 Å². The highest BCUT2D eigenvalue weighted by molar-refractivity contribution is 5.67. The van der Waals surface area contributed by atoms with Gasteiger partial charge in [-0.25, -0.2) is 4.79 Å². The van der Waals surface area contributed by atoms with Crippen molar-refractivity contribution in [2.24, 2.45) is 5.73 Å². The summed E-state index contributed by atoms with van der Waals surface area (Å²) >= 11 is 0. The number of primary amides is 1. The number of hydrogen-bond donors (Lipinski definition) is 2. The van der Waals surface area contributed by atoms with Crippen LogP contribution in [0, 0.1) is 6.92 Å². The molecule has 10 heavy (non-hydrogen) atoms. The lowest BCUT2D eigenvalue weighted by molar-refractivity contribution is 0.209. The number of rotatable bonds is 1. The van der Waals surface area contributed by atoms with Gasteiger partial charge in [0.1, 0.15) is 0 Å². The summed E-state index contributed by atoms with van der Waals surface area (Å²) in [5.74, 6) is 0.199. The molecule has 0 saturated carbocycles. The first-order chi connectivity index (χ1) is 4.68. The van der Waals surface area contributed by atoms with E-state index in [0.717, 1.165) is 5.69 Å². The summed E-state index contributed by atoms with van der Waals surface area (Å²) in [4.78, 5) is 10.1. The van der Waals surface area contributed by atoms with Crippen molar-refractivity contribution in [3.63, 3.8) is 0 Å². The zero-order chi connectivity index (χ0) is 7.56. The van der Waals surface area contributed by atoms with Gasteiger partial charge >= 0.3 is 6.09 Å². The van der Waals surface area contributed by atoms with Crippen molar-refractivity contribution < 1.29 is 9.53 Å². The van der Waals surface area contributed by atoms with Crippen molar-refractivity contribution >= 4 is 6.09 Å². The predicted molar refractivity (Wildman–Crippen MR) is 33.5 cm³/mol. The molecule has 0 saturated heterocycles. The van der Waals surface area contributed by atoms with E-state index in [1.165, 1.54) is 0 Å². The van der Waals surface area contributed by atoms with E-state index in [1.54, 1.807) is 13.0 Å². The largest absolute Gasteiger partial charge is 0.411 e. The number of nitrogens with zero attached hydrogens (tertiary/aromatic N) is 1. The second-order valence-electron chi connectivity index (χ2n) is 1.81. The predicted octanol–water partition coefficient (Wildman–Crippen LogP) is 0.176. The summed E-state index contributed by atoms with van der Waals surface area (Å²) in [5, 5.41) is 6.20. The molecule has 1 rings (SSSR count). The number of nitrogens with one attached hydrogen (secondary N) is 1. The maximum absolute atomic E-state index is 10.1. The maximum atomic E-state index is 10.1. The Balaban J connectivity index is 2.67. The zero-order valence-corrected chi connectivity index (χ0v) is 5.42. The Labute approximate surface area is 57.2 Å². The van der Waals surface area contributed by atoms with Crippen LogP contribution < -0.4 is 10.5 Å². The number of aryl methyl sites for hydroxylation is 1. The molecule has 1 heterocycles. The number of hydrogen-bond acceptors (Lipinski definition) is 3. The minimum absolute atomic E-state index is 0.199. The summed E-state index contributed by atoms with van der Waals surface area (Å²) in [5.41, 5.74) is 5.53. The van der Waals surface area contributed by atoms with Gasteiger partial charge < -0.3 is 10.5 Å². The minimum Gasteiger partial charge on any atom is -0.390 e. The summed E-state index contributed by atoms with van der Waals surface area (Å²) in [6.45, 7) is 1.79. The van der Waals surface area contributed by atoms with Crippen LogP contribution in [0.1, 0.15) is 5.69 Å². The normalized spacial score (nSPS) is 9.30. The molecule has 1 amide bonds. The number of ether oxygens (including phenoxy) is 1. The quantitative estimate of drug-likeness (QED) is 0.585. The number of amides is 1. The highest BCUT2D eigenvalue weighted by atomic mass is 16.6. The molecule has 5 heteroatoms. The highest BCUT2D eigenvalue weighted by Gasteiger charge is 2.00. The van der Waals surface area contributed by atoms with E-state index >= 15 is 0 Å². The lowest BCUT2D eigenvalue weighted by Crippen LogP contribution is -2.16. The van der Waals surface area contributed by atoms with E-state index in [0.29, 0.717) is 0 Å². The molecule has 0 aliphatic heterocycles. The smallest absolute Gasteiger partial charge is 0.390 e. The number of carbonyl (C=O) groups excluding carboxylic acids is 1. The maximum Gasteiger partial charge on any atom is 0.411 e. The van der Waals surface area contributed by atoms with Gasteiger partial charge in [-0.3, -0.25) is 5.10 Å². The van der Waals surface area contributed by atoms with Crippen molar-refractivity contribution in [2.45, 2.75) is 6.92 Å². The third-order valence-corrected chi connectivity index (χ3v) is 0.888. The van der Waals surface area contributed by atoms with Gasteiger partial charge in [-0.1, -0.05) is 0 Å². The molecular formula is C5H7N3O2. The van der Waals surface area contributed by atoms with Crippen LogP contribution in [0.4, 0.5) is 4.79 Å². The third kappa shape index (κ3) is 1.48. The van der Waals surface area contributed by atoms with E-state index in [-0.39, 0.29) is 5.88 Å². The number of carbonyl (C=O) groups is 1. The number of nitrogens with two attached hydrogens (primary N) is 1. The monoisotopic (exact) mass is 141 g/mol. The van der Waals surface area contributed by atoms with Gasteiger partial charge in [-0.05, 0) is 6.92 Å². The molecule has 54 valence electrons. The minimum atomic E-state index is -0.855. The van der Waals surface area contributed by atoms with E-state index in [4.69, 9.17) is 5.73 Å². The third-order valence-electron chi connectivity index (χ3n) is 0.888. The molecule has 0 atom stereocenters. The van der Waals surface area contributed by atoms with Crippen molar-refractivity contribution in [3.05, 3.63) is 11.8 Å². The fourth-order valence-electron chi connectivity index (χ4n) is 0.548. The number of aromatic nitrogens is 2. The van der Waals surface area contributed by atoms with Gasteiger partial charge in [0.2, 0.25) is 5.88 Å². The molecule has 0 aliphatic rings. The van der Waals surface area contributed by atoms with Gasteiger partial charge in [0.25, 0.3) is 0 Å². The van der Waals surface area contributed by atoms with Gasteiger partial charge in [0.15, 0.2) is 0 Å². The lowest BCUT2D eigenvalue weighted by atomic mass is 10.5. The van der Waals surface area contributed by atoms with Crippen LogP contribution in [0.3, 0.4) is 0 Å². The average Bonchev–Trinajstić information content (AvgIpc) is 2.13. The van der Waals surface area contributed by atoms with E-state index in [9.17, 15) is 4.79 Å². The van der Waals surface area contributed by atoms with Crippen molar-refractivity contribution in [1.82, 2.24) is 10.2 Å². The SMILES string of the molecule is Cc1cc(OC(N)=O)n[nH]1. The summed E-state index contributed by atoms with van der Waals surface area (Å²) in [6, 6.07) is 1.57. The van der Waals surface area contributed by atoms with Crippen molar-refractivity contribution in [1.29, 1.82) is 0 Å². The zero-order valence-electron chi connectivity index (χ0n) is 5.42. The van der Waals surface area contributed by atoms with Crippen LogP contribution >= 0.6 is 0 Å². The number of aromatic amines is 1. The molecule has 0 aliphatic carbocycles. The Morgan fingerprint density at radius 1 is 1.90 bits per heavy atom. The van der Waals surface area contributed by atoms with Gasteiger partial charge in [-0.15, -0.1) is 5.10 Å². The molecule has 0 fully saturated rings. The van der Waals surface area contributed by atoms with E-state index < -0.39 is 6.09 Å². The first-order valence-electron chi connectivity index (χ1n) is 2.68. The molecule has 0 bridgehead atoms. The lowest BCUT2D eigenvalue weighted by Gasteiger charge is -1.90. The Hall–Kier alpha value is -1.52. The van der Waals surface area contributed by atoms with Crippen molar-refractivity contribution in [3.8, 4) is 5.88 Å². The molecule has 0 aromatic carbocycles. The van der Waals surface area contributed by atoms with Crippen LogP contribution in [0.25, 0.3) is 0 Å². The summed E-state index contributed by atoms with van der Waals surface area (Å²) in [6.07, 6.45) is -0.855. The van der Waals surface area contributed by atoms with Crippen LogP contribution in [0.5, 0.6) is 5.88 Å². The summed E-state index contributed by atoms with van der Waals surface area (Å²) < 4.78 is 4.43. The van der Waals surface area contributed by atoms with Crippen LogP contribution in [-0.4, -0.2) is 16.3 Å². The fraction of sp³-hybridized carbons (Fsp3) is 0.200. The Morgan fingerprint density at radius 2 is 2.60 bits per heavy atom. The van der Waals surface area contributed by atoms with Crippen LogP contribution in [0.2, 0.25) is 0 Å². The van der Waals surface area contributed by atoms with E-state index in [1.807, 2.05) is 0 Å². The Kier molecular flexibility index (Phi) is 1.57.